The van der Waals surface area contributed by atoms with Crippen LogP contribution in [0.1, 0.15) is 56.8 Å². The normalized spacial score (nSPS) is 15.8. The zero-order chi connectivity index (χ0) is 22.9. The molecule has 1 fully saturated rings. The molecule has 0 atom stereocenters. The van der Waals surface area contributed by atoms with Crippen molar-refractivity contribution < 1.29 is 22.6 Å². The highest BCUT2D eigenvalue weighted by molar-refractivity contribution is 5.69. The number of aromatic nitrogens is 4. The molecule has 0 amide bonds. The number of nitrogens with one attached hydrogen (secondary N) is 1. The summed E-state index contributed by atoms with van der Waals surface area (Å²) in [5.41, 5.74) is 0.981. The number of aromatic amines is 1. The first kappa shape index (κ1) is 22.2. The topological polar surface area (TPSA) is 77.3 Å². The van der Waals surface area contributed by atoms with Crippen molar-refractivity contribution in [3.05, 3.63) is 41.4 Å². The minimum Gasteiger partial charge on any atom is -0.493 e. The second-order valence-electron chi connectivity index (χ2n) is 8.26. The van der Waals surface area contributed by atoms with E-state index in [2.05, 4.69) is 19.9 Å². The fourth-order valence-corrected chi connectivity index (χ4v) is 3.88. The second kappa shape index (κ2) is 8.84. The molecule has 0 bridgehead atoms. The minimum atomic E-state index is -4.72. The van der Waals surface area contributed by atoms with E-state index in [1.165, 1.54) is 6.33 Å². The highest BCUT2D eigenvalue weighted by Crippen LogP contribution is 2.33. The van der Waals surface area contributed by atoms with Gasteiger partial charge in [0.1, 0.15) is 11.3 Å². The molecule has 1 saturated carbocycles. The maximum Gasteiger partial charge on any atom is 0.505 e. The number of benzene rings is 1. The Labute approximate surface area is 183 Å². The summed E-state index contributed by atoms with van der Waals surface area (Å²) in [6.07, 6.45) is 1.11. The van der Waals surface area contributed by atoms with E-state index >= 15 is 0 Å². The minimum absolute atomic E-state index is 0.00184. The van der Waals surface area contributed by atoms with E-state index in [9.17, 15) is 13.2 Å². The number of ether oxygens (including phenoxy) is 2. The van der Waals surface area contributed by atoms with Gasteiger partial charge in [-0.1, -0.05) is 19.9 Å². The quantitative estimate of drug-likeness (QED) is 0.555. The largest absolute Gasteiger partial charge is 0.505 e. The highest BCUT2D eigenvalue weighted by atomic mass is 19.4. The highest BCUT2D eigenvalue weighted by Gasteiger charge is 2.27. The first-order valence-corrected chi connectivity index (χ1v) is 10.6. The van der Waals surface area contributed by atoms with Gasteiger partial charge < -0.3 is 19.0 Å². The number of nitrogens with zero attached hydrogens (tertiary/aromatic N) is 4. The van der Waals surface area contributed by atoms with Crippen LogP contribution in [0.25, 0.3) is 11.2 Å². The van der Waals surface area contributed by atoms with Crippen molar-refractivity contribution in [3.8, 4) is 11.5 Å². The number of imidazole rings is 1. The van der Waals surface area contributed by atoms with Gasteiger partial charge in [-0.2, -0.15) is 4.99 Å². The molecule has 2 heterocycles. The Hall–Kier alpha value is -3.04. The smallest absolute Gasteiger partial charge is 0.493 e. The lowest BCUT2D eigenvalue weighted by Gasteiger charge is -2.17. The Morgan fingerprint density at radius 2 is 1.97 bits per heavy atom. The van der Waals surface area contributed by atoms with Crippen molar-refractivity contribution in [2.45, 2.75) is 64.4 Å². The van der Waals surface area contributed by atoms with Gasteiger partial charge in [0, 0.05) is 5.92 Å². The van der Waals surface area contributed by atoms with Gasteiger partial charge in [-0.3, -0.25) is 0 Å². The van der Waals surface area contributed by atoms with Crippen LogP contribution in [-0.4, -0.2) is 39.0 Å². The Morgan fingerprint density at radius 3 is 2.62 bits per heavy atom. The Balaban J connectivity index is 1.72. The van der Waals surface area contributed by atoms with Crippen molar-refractivity contribution in [3.63, 3.8) is 0 Å². The van der Waals surface area contributed by atoms with Gasteiger partial charge in [-0.25, -0.2) is 9.97 Å². The molecule has 10 heteroatoms. The third kappa shape index (κ3) is 4.89. The van der Waals surface area contributed by atoms with Gasteiger partial charge in [-0.15, -0.1) is 13.2 Å². The number of rotatable bonds is 6. The zero-order valence-electron chi connectivity index (χ0n) is 18.2. The number of hydrogen-bond acceptors (Lipinski definition) is 5. The molecular weight excluding hydrogens is 423 g/mol. The van der Waals surface area contributed by atoms with Gasteiger partial charge in [0.15, 0.2) is 22.6 Å². The molecule has 1 aliphatic carbocycles. The third-order valence-corrected chi connectivity index (χ3v) is 5.47. The van der Waals surface area contributed by atoms with Crippen molar-refractivity contribution in [1.29, 1.82) is 0 Å². The lowest BCUT2D eigenvalue weighted by molar-refractivity contribution is -0.123. The van der Waals surface area contributed by atoms with Crippen LogP contribution < -0.4 is 15.0 Å². The fourth-order valence-electron chi connectivity index (χ4n) is 3.88. The molecule has 0 spiro atoms. The van der Waals surface area contributed by atoms with Crippen molar-refractivity contribution >= 4 is 11.2 Å². The van der Waals surface area contributed by atoms with E-state index in [1.54, 1.807) is 11.7 Å². The van der Waals surface area contributed by atoms with Crippen molar-refractivity contribution in [2.24, 2.45) is 4.99 Å². The summed E-state index contributed by atoms with van der Waals surface area (Å²) in [4.78, 5) is 14.2. The lowest BCUT2D eigenvalue weighted by Crippen LogP contribution is -2.19. The Morgan fingerprint density at radius 1 is 1.22 bits per heavy atom. The van der Waals surface area contributed by atoms with E-state index < -0.39 is 11.8 Å². The van der Waals surface area contributed by atoms with Crippen LogP contribution >= 0.6 is 0 Å². The lowest BCUT2D eigenvalue weighted by atomic mass is 10.2. The molecule has 2 aromatic heterocycles. The summed E-state index contributed by atoms with van der Waals surface area (Å²) in [7, 11) is 1.60. The van der Waals surface area contributed by atoms with Crippen molar-refractivity contribution in [1.82, 2.24) is 19.5 Å². The predicted molar refractivity (Wildman–Crippen MR) is 113 cm³/mol. The van der Waals surface area contributed by atoms with E-state index in [0.717, 1.165) is 31.2 Å². The molecule has 1 aromatic carbocycles. The van der Waals surface area contributed by atoms with E-state index in [0.29, 0.717) is 29.5 Å². The average molecular weight is 449 g/mol. The zero-order valence-corrected chi connectivity index (χ0v) is 18.2. The Kier molecular flexibility index (Phi) is 6.12. The molecular formula is C22H26F3N5O2. The Bertz CT molecular complexity index is 1160. The predicted octanol–water partition coefficient (Wildman–Crippen LogP) is 4.68. The van der Waals surface area contributed by atoms with Crippen LogP contribution in [0.3, 0.4) is 0 Å². The fraction of sp³-hybridized carbons (Fsp3) is 0.500. The molecule has 0 aliphatic heterocycles. The van der Waals surface area contributed by atoms with E-state index in [-0.39, 0.29) is 17.5 Å². The van der Waals surface area contributed by atoms with Crippen LogP contribution in [0.2, 0.25) is 0 Å². The molecule has 0 unspecified atom stereocenters. The summed E-state index contributed by atoms with van der Waals surface area (Å²) < 4.78 is 52.0. The number of hydrogen-bond donors (Lipinski definition) is 1. The first-order chi connectivity index (χ1) is 15.2. The molecule has 1 N–H and O–H groups in total. The van der Waals surface area contributed by atoms with Gasteiger partial charge in [0.25, 0.3) is 0 Å². The summed E-state index contributed by atoms with van der Waals surface area (Å²) >= 11 is 0. The first-order valence-electron chi connectivity index (χ1n) is 10.6. The molecule has 172 valence electrons. The summed E-state index contributed by atoms with van der Waals surface area (Å²) in [6, 6.07) is 5.63. The van der Waals surface area contributed by atoms with Gasteiger partial charge in [0.05, 0.1) is 26.1 Å². The van der Waals surface area contributed by atoms with Crippen LogP contribution in [0.4, 0.5) is 13.2 Å². The molecule has 3 aromatic rings. The number of methoxy groups -OCH3 is 1. The maximum atomic E-state index is 12.9. The summed E-state index contributed by atoms with van der Waals surface area (Å²) in [5, 5.41) is 0. The van der Waals surface area contributed by atoms with Crippen LogP contribution in [-0.2, 0) is 6.54 Å². The number of alkyl halides is 3. The monoisotopic (exact) mass is 449 g/mol. The standard InChI is InChI=1S/C22H26F3N5O2/c1-13(2)19-27-18-20(29-22(23,24)25)26-12-30(21(18)28-19)11-14-8-9-16(31-3)17(10-14)32-15-6-4-5-7-15/h8-10,12-13,15H,4-7,11H2,1-3H3,(H,27,28)/b29-20-. The molecule has 7 nitrogen and oxygen atoms in total. The average Bonchev–Trinajstić information content (AvgIpc) is 3.39. The molecule has 32 heavy (non-hydrogen) atoms. The number of halogens is 3. The molecule has 0 saturated heterocycles. The van der Waals surface area contributed by atoms with Crippen LogP contribution in [0.5, 0.6) is 11.5 Å². The molecule has 1 aliphatic rings. The number of fused-ring (bicyclic) bond motifs is 1. The van der Waals surface area contributed by atoms with Crippen LogP contribution in [0, 0.1) is 0 Å². The van der Waals surface area contributed by atoms with Crippen LogP contribution in [0.15, 0.2) is 29.5 Å². The van der Waals surface area contributed by atoms with Gasteiger partial charge in [-0.05, 0) is 43.4 Å². The third-order valence-electron chi connectivity index (χ3n) is 5.47. The summed E-state index contributed by atoms with van der Waals surface area (Å²) in [5.74, 6) is 1.88. The molecule has 4 rings (SSSR count). The van der Waals surface area contributed by atoms with E-state index in [1.807, 2.05) is 32.0 Å². The van der Waals surface area contributed by atoms with Gasteiger partial charge >= 0.3 is 6.30 Å². The molecule has 0 radical (unpaired) electrons. The SMILES string of the molecule is COc1ccc(Cn2cn/c(=N\C(F)(F)F)c3[nH]c(C(C)C)nc32)cc1OC1CCCC1. The van der Waals surface area contributed by atoms with E-state index in [4.69, 9.17) is 9.47 Å². The summed E-state index contributed by atoms with van der Waals surface area (Å²) in [6.45, 7) is 4.17. The van der Waals surface area contributed by atoms with Gasteiger partial charge in [0.2, 0.25) is 0 Å². The second-order valence-corrected chi connectivity index (χ2v) is 8.26. The van der Waals surface area contributed by atoms with Crippen molar-refractivity contribution in [2.75, 3.05) is 7.11 Å². The number of H-pyrrole nitrogens is 1. The maximum absolute atomic E-state index is 12.9.